The lowest BCUT2D eigenvalue weighted by atomic mass is 9.55. The minimum Gasteiger partial charge on any atom is -0.325 e. The number of amides is 1. The molecule has 0 aliphatic heterocycles. The van der Waals surface area contributed by atoms with Crippen molar-refractivity contribution in [3.63, 3.8) is 0 Å². The summed E-state index contributed by atoms with van der Waals surface area (Å²) in [7, 11) is 0. The monoisotopic (exact) mass is 367 g/mol. The molecule has 0 saturated heterocycles. The summed E-state index contributed by atoms with van der Waals surface area (Å²) in [6, 6.07) is 4.13. The molecule has 3 rings (SSSR count). The van der Waals surface area contributed by atoms with E-state index in [2.05, 4.69) is 5.32 Å². The summed E-state index contributed by atoms with van der Waals surface area (Å²) in [5.74, 6) is -3.59. The van der Waals surface area contributed by atoms with E-state index in [0.29, 0.717) is 12.8 Å². The maximum atomic E-state index is 12.9. The summed E-state index contributed by atoms with van der Waals surface area (Å²) >= 11 is 0. The predicted octanol–water partition coefficient (Wildman–Crippen LogP) is 3.85. The van der Waals surface area contributed by atoms with Crippen LogP contribution in [0.2, 0.25) is 0 Å². The molecule has 0 aromatic heterocycles. The van der Waals surface area contributed by atoms with Gasteiger partial charge in [-0.2, -0.15) is 13.2 Å². The summed E-state index contributed by atoms with van der Waals surface area (Å²) in [5.41, 5.74) is -2.33. The Morgan fingerprint density at radius 2 is 1.85 bits per heavy atom. The third-order valence-electron chi connectivity index (χ3n) is 6.38. The van der Waals surface area contributed by atoms with Gasteiger partial charge in [-0.05, 0) is 36.5 Å². The van der Waals surface area contributed by atoms with E-state index < -0.39 is 51.9 Å². The van der Waals surface area contributed by atoms with Crippen LogP contribution < -0.4 is 5.32 Å². The molecule has 26 heavy (non-hydrogen) atoms. The number of fused-ring (bicyclic) bond motifs is 2. The number of carbonyl (C=O) groups excluding carboxylic acids is 3. The number of alkyl halides is 3. The number of hydrogen-bond acceptors (Lipinski definition) is 3. The Balaban J connectivity index is 1.88. The molecule has 1 N–H and O–H groups in total. The number of ketones is 2. The highest BCUT2D eigenvalue weighted by molar-refractivity contribution is 6.25. The van der Waals surface area contributed by atoms with Gasteiger partial charge in [0.05, 0.1) is 5.56 Å². The van der Waals surface area contributed by atoms with Crippen molar-refractivity contribution in [3.8, 4) is 0 Å². The maximum Gasteiger partial charge on any atom is 0.416 e. The molecule has 1 aromatic rings. The van der Waals surface area contributed by atoms with Crippen LogP contribution in [0, 0.1) is 22.7 Å². The lowest BCUT2D eigenvalue weighted by molar-refractivity contribution is -0.156. The highest BCUT2D eigenvalue weighted by Gasteiger charge is 2.66. The molecule has 7 heteroatoms. The van der Waals surface area contributed by atoms with Crippen molar-refractivity contribution >= 4 is 23.2 Å². The van der Waals surface area contributed by atoms with Crippen LogP contribution in [0.3, 0.4) is 0 Å². The van der Waals surface area contributed by atoms with Crippen molar-refractivity contribution in [3.05, 3.63) is 29.8 Å². The predicted molar refractivity (Wildman–Crippen MR) is 88.2 cm³/mol. The second-order valence-corrected chi connectivity index (χ2v) is 7.91. The topological polar surface area (TPSA) is 63.2 Å². The Hall–Kier alpha value is -2.18. The highest BCUT2D eigenvalue weighted by atomic mass is 19.4. The minimum absolute atomic E-state index is 0.0900. The molecule has 1 amide bonds. The average Bonchev–Trinajstić information content (AvgIpc) is 2.70. The third-order valence-corrected chi connectivity index (χ3v) is 6.38. The fraction of sp³-hybridized carbons (Fsp3) is 0.526. The van der Waals surface area contributed by atoms with Crippen molar-refractivity contribution in [1.29, 1.82) is 0 Å². The molecule has 140 valence electrons. The number of rotatable bonds is 2. The molecule has 2 aliphatic rings. The molecule has 2 saturated carbocycles. The first-order valence-corrected chi connectivity index (χ1v) is 8.46. The summed E-state index contributed by atoms with van der Waals surface area (Å²) in [6.07, 6.45) is -3.47. The third kappa shape index (κ3) is 2.56. The molecule has 2 fully saturated rings. The normalized spacial score (nSPS) is 30.4. The van der Waals surface area contributed by atoms with Gasteiger partial charge in [-0.3, -0.25) is 14.4 Å². The largest absolute Gasteiger partial charge is 0.416 e. The zero-order valence-electron chi connectivity index (χ0n) is 14.7. The zero-order chi connectivity index (χ0) is 19.5. The Morgan fingerprint density at radius 3 is 2.46 bits per heavy atom. The maximum absolute atomic E-state index is 12.9. The summed E-state index contributed by atoms with van der Waals surface area (Å²) in [6.45, 7) is 5.50. The summed E-state index contributed by atoms with van der Waals surface area (Å²) in [4.78, 5) is 38.3. The van der Waals surface area contributed by atoms with E-state index in [0.717, 1.165) is 18.2 Å². The number of Topliss-reactive ketones (excluding diaryl/α,β-unsaturated/α-hetero) is 2. The van der Waals surface area contributed by atoms with E-state index in [1.807, 2.05) is 13.8 Å². The smallest absolute Gasteiger partial charge is 0.325 e. The first kappa shape index (κ1) is 18.6. The number of hydrogen-bond donors (Lipinski definition) is 1. The number of carbonyl (C=O) groups is 3. The first-order valence-electron chi connectivity index (χ1n) is 8.46. The SMILES string of the molecule is CC1(C)C2CC[C@@]1(C)C(=O)C(C(=O)Nc1cccc(C(F)(F)F)c1)C2=O. The van der Waals surface area contributed by atoms with Crippen molar-refractivity contribution in [2.24, 2.45) is 22.7 Å². The first-order chi connectivity index (χ1) is 11.9. The van der Waals surface area contributed by atoms with Gasteiger partial charge in [0.25, 0.3) is 0 Å². The molecule has 0 spiro atoms. The van der Waals surface area contributed by atoms with Crippen molar-refractivity contribution in [2.75, 3.05) is 5.32 Å². The van der Waals surface area contributed by atoms with E-state index in [1.54, 1.807) is 6.92 Å². The fourth-order valence-corrected chi connectivity index (χ4v) is 4.32. The second-order valence-electron chi connectivity index (χ2n) is 7.91. The molecule has 1 aromatic carbocycles. The van der Waals surface area contributed by atoms with Gasteiger partial charge in [-0.15, -0.1) is 0 Å². The van der Waals surface area contributed by atoms with Gasteiger partial charge < -0.3 is 5.32 Å². The van der Waals surface area contributed by atoms with Crippen LogP contribution in [0.5, 0.6) is 0 Å². The number of nitrogens with one attached hydrogen (secondary N) is 1. The molecular formula is C19H20F3NO3. The zero-order valence-corrected chi connectivity index (χ0v) is 14.7. The van der Waals surface area contributed by atoms with Crippen molar-refractivity contribution in [1.82, 2.24) is 0 Å². The molecule has 3 atom stereocenters. The molecule has 2 unspecified atom stereocenters. The van der Waals surface area contributed by atoms with Gasteiger partial charge in [0.15, 0.2) is 17.5 Å². The van der Waals surface area contributed by atoms with E-state index in [1.165, 1.54) is 6.07 Å². The Kier molecular flexibility index (Phi) is 4.05. The van der Waals surface area contributed by atoms with Crippen molar-refractivity contribution < 1.29 is 27.6 Å². The summed E-state index contributed by atoms with van der Waals surface area (Å²) < 4.78 is 38.4. The van der Waals surface area contributed by atoms with Gasteiger partial charge in [0.1, 0.15) is 0 Å². The van der Waals surface area contributed by atoms with Gasteiger partial charge in [0, 0.05) is 17.0 Å². The molecule has 0 radical (unpaired) electrons. The van der Waals surface area contributed by atoms with E-state index in [4.69, 9.17) is 0 Å². The molecule has 2 bridgehead atoms. The Bertz CT molecular complexity index is 799. The molecule has 4 nitrogen and oxygen atoms in total. The average molecular weight is 367 g/mol. The minimum atomic E-state index is -4.55. The quantitative estimate of drug-likeness (QED) is 0.808. The van der Waals surface area contributed by atoms with Gasteiger partial charge in [-0.1, -0.05) is 26.8 Å². The standard InChI is InChI=1S/C19H20F3NO3/c1-17(2)12-7-8-18(17,3)15(25)13(14(12)24)16(26)23-11-6-4-5-10(9-11)19(20,21)22/h4-6,9,12-13H,7-8H2,1-3H3,(H,23,26)/t12?,13?,18-/m0/s1. The van der Waals surface area contributed by atoms with Crippen LogP contribution in [0.15, 0.2) is 24.3 Å². The van der Waals surface area contributed by atoms with Crippen LogP contribution in [0.4, 0.5) is 18.9 Å². The lowest BCUT2D eigenvalue weighted by Gasteiger charge is -2.46. The fourth-order valence-electron chi connectivity index (χ4n) is 4.32. The van der Waals surface area contributed by atoms with E-state index in [9.17, 15) is 27.6 Å². The van der Waals surface area contributed by atoms with Gasteiger partial charge in [0.2, 0.25) is 5.91 Å². The second kappa shape index (κ2) is 5.66. The molecular weight excluding hydrogens is 347 g/mol. The lowest BCUT2D eigenvalue weighted by Crippen LogP contribution is -2.56. The highest BCUT2D eigenvalue weighted by Crippen LogP contribution is 2.61. The Morgan fingerprint density at radius 1 is 1.19 bits per heavy atom. The van der Waals surface area contributed by atoms with E-state index >= 15 is 0 Å². The van der Waals surface area contributed by atoms with Crippen LogP contribution >= 0.6 is 0 Å². The van der Waals surface area contributed by atoms with Gasteiger partial charge in [-0.25, -0.2) is 0 Å². The van der Waals surface area contributed by atoms with Crippen molar-refractivity contribution in [2.45, 2.75) is 39.8 Å². The summed E-state index contributed by atoms with van der Waals surface area (Å²) in [5, 5.41) is 2.32. The molecule has 2 aliphatic carbocycles. The van der Waals surface area contributed by atoms with Crippen LogP contribution in [0.25, 0.3) is 0 Å². The van der Waals surface area contributed by atoms with Crippen LogP contribution in [-0.2, 0) is 20.6 Å². The number of halogens is 3. The van der Waals surface area contributed by atoms with Crippen LogP contribution in [-0.4, -0.2) is 17.5 Å². The number of anilines is 1. The van der Waals surface area contributed by atoms with Gasteiger partial charge >= 0.3 is 6.18 Å². The van der Waals surface area contributed by atoms with E-state index in [-0.39, 0.29) is 5.69 Å². The number of benzene rings is 1. The molecule has 0 heterocycles. The van der Waals surface area contributed by atoms with Crippen LogP contribution in [0.1, 0.15) is 39.2 Å². The Labute approximate surface area is 149 Å².